The summed E-state index contributed by atoms with van der Waals surface area (Å²) in [4.78, 5) is 0. The van der Waals surface area contributed by atoms with E-state index in [2.05, 4.69) is 5.43 Å². The zero-order valence-electron chi connectivity index (χ0n) is 3.94. The molecule has 0 heterocycles. The Labute approximate surface area is 37.7 Å². The van der Waals surface area contributed by atoms with Gasteiger partial charge in [-0.25, -0.2) is 0 Å². The monoisotopic (exact) mass is 89.1 g/mol. The smallest absolute Gasteiger partial charge is 0.0247 e. The van der Waals surface area contributed by atoms with Gasteiger partial charge in [-0.1, -0.05) is 0 Å². The van der Waals surface area contributed by atoms with Gasteiger partial charge in [0.15, 0.2) is 0 Å². The van der Waals surface area contributed by atoms with Crippen LogP contribution < -0.4 is 17.0 Å². The summed E-state index contributed by atoms with van der Waals surface area (Å²) in [6.45, 7) is 2.57. The predicted octanol–water partition coefficient (Wildman–Crippen LogP) is -1.20. The van der Waals surface area contributed by atoms with Crippen molar-refractivity contribution in [2.45, 2.75) is 13.0 Å². The van der Waals surface area contributed by atoms with Gasteiger partial charge in [0, 0.05) is 12.6 Å². The van der Waals surface area contributed by atoms with Crippen molar-refractivity contribution in [2.24, 2.45) is 11.6 Å². The minimum atomic E-state index is 0.162. The van der Waals surface area contributed by atoms with Gasteiger partial charge in [0.2, 0.25) is 0 Å². The van der Waals surface area contributed by atoms with Crippen LogP contribution in [0.1, 0.15) is 6.92 Å². The molecule has 0 aromatic heterocycles. The quantitative estimate of drug-likeness (QED) is 0.294. The summed E-state index contributed by atoms with van der Waals surface area (Å²) in [5.41, 5.74) is 7.70. The zero-order chi connectivity index (χ0) is 4.99. The second kappa shape index (κ2) is 3.08. The molecular formula is C3H11N3. The van der Waals surface area contributed by atoms with Crippen molar-refractivity contribution in [3.63, 3.8) is 0 Å². The van der Waals surface area contributed by atoms with Crippen molar-refractivity contribution in [2.75, 3.05) is 6.54 Å². The van der Waals surface area contributed by atoms with E-state index in [1.54, 1.807) is 0 Å². The average Bonchev–Trinajstić information content (AvgIpc) is 1.35. The van der Waals surface area contributed by atoms with Crippen LogP contribution >= 0.6 is 0 Å². The Hall–Kier alpha value is -0.120. The number of hydrogen-bond donors (Lipinski definition) is 3. The van der Waals surface area contributed by atoms with Gasteiger partial charge in [-0.3, -0.25) is 11.3 Å². The first-order chi connectivity index (χ1) is 2.77. The molecule has 0 aliphatic heterocycles. The summed E-state index contributed by atoms with van der Waals surface area (Å²) in [6, 6.07) is 0.162. The molecule has 0 aromatic rings. The van der Waals surface area contributed by atoms with E-state index in [4.69, 9.17) is 11.6 Å². The summed E-state index contributed by atoms with van der Waals surface area (Å²) in [6.07, 6.45) is 0. The van der Waals surface area contributed by atoms with E-state index in [1.165, 1.54) is 0 Å². The fourth-order valence-corrected chi connectivity index (χ4v) is 0.186. The lowest BCUT2D eigenvalue weighted by atomic mass is 10.4. The fraction of sp³-hybridized carbons (Fsp3) is 1.00. The normalized spacial score (nSPS) is 14.5. The van der Waals surface area contributed by atoms with Crippen LogP contribution in [-0.4, -0.2) is 12.6 Å². The van der Waals surface area contributed by atoms with Crippen LogP contribution in [0.15, 0.2) is 0 Å². The Morgan fingerprint density at radius 3 is 2.33 bits per heavy atom. The summed E-state index contributed by atoms with van der Waals surface area (Å²) >= 11 is 0. The lowest BCUT2D eigenvalue weighted by Crippen LogP contribution is -2.35. The topological polar surface area (TPSA) is 64.1 Å². The lowest BCUT2D eigenvalue weighted by molar-refractivity contribution is 0.631. The Balaban J connectivity index is 2.63. The van der Waals surface area contributed by atoms with Gasteiger partial charge in [0.05, 0.1) is 0 Å². The third-order valence-corrected chi connectivity index (χ3v) is 0.440. The van der Waals surface area contributed by atoms with E-state index in [-0.39, 0.29) is 6.04 Å². The van der Waals surface area contributed by atoms with Gasteiger partial charge in [-0.05, 0) is 6.92 Å². The van der Waals surface area contributed by atoms with Crippen LogP contribution in [0, 0.1) is 0 Å². The molecule has 38 valence electrons. The molecule has 0 spiro atoms. The van der Waals surface area contributed by atoms with Crippen molar-refractivity contribution in [1.82, 2.24) is 5.43 Å². The highest BCUT2D eigenvalue weighted by molar-refractivity contribution is 4.50. The Kier molecular flexibility index (Phi) is 3.02. The first-order valence-electron chi connectivity index (χ1n) is 1.96. The highest BCUT2D eigenvalue weighted by Crippen LogP contribution is 1.62. The molecule has 0 radical (unpaired) electrons. The van der Waals surface area contributed by atoms with Crippen molar-refractivity contribution in [1.29, 1.82) is 0 Å². The minimum absolute atomic E-state index is 0.162. The number of nitrogens with one attached hydrogen (secondary N) is 1. The van der Waals surface area contributed by atoms with Crippen LogP contribution in [0.5, 0.6) is 0 Å². The zero-order valence-corrected chi connectivity index (χ0v) is 3.94. The summed E-state index contributed by atoms with van der Waals surface area (Å²) < 4.78 is 0. The molecule has 0 rings (SSSR count). The van der Waals surface area contributed by atoms with Gasteiger partial charge < -0.3 is 5.73 Å². The molecule has 1 atom stereocenters. The minimum Gasteiger partial charge on any atom is -0.327 e. The molecule has 6 heavy (non-hydrogen) atoms. The van der Waals surface area contributed by atoms with Crippen LogP contribution in [-0.2, 0) is 0 Å². The standard InChI is InChI=1S/C3H11N3/c1-3(4)2-6-5/h3,6H,2,4-5H2,1H3/t3-/m0/s1. The van der Waals surface area contributed by atoms with E-state index >= 15 is 0 Å². The molecule has 0 bridgehead atoms. The molecule has 0 amide bonds. The summed E-state index contributed by atoms with van der Waals surface area (Å²) in [5, 5.41) is 0. The third kappa shape index (κ3) is 3.88. The second-order valence-electron chi connectivity index (χ2n) is 1.39. The van der Waals surface area contributed by atoms with Crippen molar-refractivity contribution in [3.05, 3.63) is 0 Å². The highest BCUT2D eigenvalue weighted by Gasteiger charge is 1.84. The van der Waals surface area contributed by atoms with E-state index in [0.717, 1.165) is 0 Å². The van der Waals surface area contributed by atoms with E-state index in [1.807, 2.05) is 6.92 Å². The SMILES string of the molecule is C[C@H](N)CNN. The maximum absolute atomic E-state index is 5.26. The highest BCUT2D eigenvalue weighted by atomic mass is 15.2. The van der Waals surface area contributed by atoms with E-state index in [9.17, 15) is 0 Å². The molecule has 5 N–H and O–H groups in total. The third-order valence-electron chi connectivity index (χ3n) is 0.440. The first-order valence-corrected chi connectivity index (χ1v) is 1.96. The molecule has 0 aliphatic carbocycles. The summed E-state index contributed by atoms with van der Waals surface area (Å²) in [5.74, 6) is 4.90. The molecular weight excluding hydrogens is 78.1 g/mol. The Morgan fingerprint density at radius 2 is 2.33 bits per heavy atom. The Morgan fingerprint density at radius 1 is 1.83 bits per heavy atom. The van der Waals surface area contributed by atoms with Gasteiger partial charge in [-0.15, -0.1) is 0 Å². The van der Waals surface area contributed by atoms with Crippen LogP contribution in [0.4, 0.5) is 0 Å². The molecule has 3 heteroatoms. The predicted molar refractivity (Wildman–Crippen MR) is 25.8 cm³/mol. The largest absolute Gasteiger partial charge is 0.327 e. The molecule has 3 nitrogen and oxygen atoms in total. The average molecular weight is 89.1 g/mol. The number of hydrazine groups is 1. The van der Waals surface area contributed by atoms with Crippen LogP contribution in [0.3, 0.4) is 0 Å². The molecule has 0 saturated carbocycles. The van der Waals surface area contributed by atoms with Crippen molar-refractivity contribution < 1.29 is 0 Å². The Bertz CT molecular complexity index is 27.2. The number of nitrogens with two attached hydrogens (primary N) is 2. The van der Waals surface area contributed by atoms with Gasteiger partial charge in [0.1, 0.15) is 0 Å². The van der Waals surface area contributed by atoms with Gasteiger partial charge >= 0.3 is 0 Å². The van der Waals surface area contributed by atoms with Crippen LogP contribution in [0.25, 0.3) is 0 Å². The van der Waals surface area contributed by atoms with Crippen LogP contribution in [0.2, 0.25) is 0 Å². The van der Waals surface area contributed by atoms with E-state index < -0.39 is 0 Å². The molecule has 0 unspecified atom stereocenters. The second-order valence-corrected chi connectivity index (χ2v) is 1.39. The molecule has 0 aliphatic rings. The summed E-state index contributed by atoms with van der Waals surface area (Å²) in [7, 11) is 0. The van der Waals surface area contributed by atoms with Gasteiger partial charge in [-0.2, -0.15) is 0 Å². The molecule has 0 fully saturated rings. The van der Waals surface area contributed by atoms with Crippen molar-refractivity contribution in [3.8, 4) is 0 Å². The lowest BCUT2D eigenvalue weighted by Gasteiger charge is -1.98. The first kappa shape index (κ1) is 5.88. The van der Waals surface area contributed by atoms with Gasteiger partial charge in [0.25, 0.3) is 0 Å². The number of rotatable bonds is 2. The molecule has 0 aromatic carbocycles. The maximum atomic E-state index is 5.26. The number of hydrogen-bond acceptors (Lipinski definition) is 3. The maximum Gasteiger partial charge on any atom is 0.0247 e. The van der Waals surface area contributed by atoms with Crippen molar-refractivity contribution >= 4 is 0 Å². The fourth-order valence-electron chi connectivity index (χ4n) is 0.186. The van der Waals surface area contributed by atoms with E-state index in [0.29, 0.717) is 6.54 Å². The molecule has 0 saturated heterocycles.